The molecule has 100 valence electrons. The summed E-state index contributed by atoms with van der Waals surface area (Å²) in [6, 6.07) is 5.68. The maximum atomic E-state index is 10.6. The summed E-state index contributed by atoms with van der Waals surface area (Å²) in [5, 5.41) is 10.6. The molecule has 1 unspecified atom stereocenters. The van der Waals surface area contributed by atoms with Gasteiger partial charge in [0.05, 0.1) is 5.69 Å². The fourth-order valence-corrected chi connectivity index (χ4v) is 2.87. The van der Waals surface area contributed by atoms with Crippen LogP contribution in [-0.4, -0.2) is 16.6 Å². The quantitative estimate of drug-likeness (QED) is 0.864. The van der Waals surface area contributed by atoms with Crippen LogP contribution in [0.3, 0.4) is 0 Å². The number of aromatic nitrogens is 1. The zero-order valence-electron chi connectivity index (χ0n) is 11.4. The van der Waals surface area contributed by atoms with E-state index in [4.69, 9.17) is 5.73 Å². The standard InChI is InChI=1S/C15H24N2O/c1-14(2)6-8-15(11-16,9-7-14)13(18)12-5-3-4-10-17-12/h3-5,10,13,18H,6-9,11,16H2,1-2H3. The van der Waals surface area contributed by atoms with Crippen LogP contribution in [0.15, 0.2) is 24.4 Å². The summed E-state index contributed by atoms with van der Waals surface area (Å²) < 4.78 is 0. The molecule has 3 N–H and O–H groups in total. The highest BCUT2D eigenvalue weighted by Gasteiger charge is 2.43. The number of rotatable bonds is 3. The van der Waals surface area contributed by atoms with Crippen molar-refractivity contribution < 1.29 is 5.11 Å². The number of nitrogens with two attached hydrogens (primary N) is 1. The SMILES string of the molecule is CC1(C)CCC(CN)(C(O)c2ccccn2)CC1. The summed E-state index contributed by atoms with van der Waals surface area (Å²) in [7, 11) is 0. The third-order valence-electron chi connectivity index (χ3n) is 4.55. The maximum Gasteiger partial charge on any atom is 0.103 e. The Hall–Kier alpha value is -0.930. The van der Waals surface area contributed by atoms with Crippen molar-refractivity contribution in [3.63, 3.8) is 0 Å². The van der Waals surface area contributed by atoms with Gasteiger partial charge in [0.15, 0.2) is 0 Å². The maximum absolute atomic E-state index is 10.6. The molecule has 0 saturated heterocycles. The van der Waals surface area contributed by atoms with Gasteiger partial charge in [-0.1, -0.05) is 19.9 Å². The van der Waals surface area contributed by atoms with Crippen molar-refractivity contribution in [2.24, 2.45) is 16.6 Å². The normalized spacial score (nSPS) is 23.6. The topological polar surface area (TPSA) is 59.1 Å². The van der Waals surface area contributed by atoms with E-state index >= 15 is 0 Å². The molecule has 1 aliphatic rings. The lowest BCUT2D eigenvalue weighted by Crippen LogP contribution is -2.42. The van der Waals surface area contributed by atoms with Gasteiger partial charge < -0.3 is 10.8 Å². The predicted octanol–water partition coefficient (Wildman–Crippen LogP) is 2.66. The van der Waals surface area contributed by atoms with Crippen LogP contribution in [0.25, 0.3) is 0 Å². The molecule has 0 aromatic carbocycles. The van der Waals surface area contributed by atoms with Gasteiger partial charge >= 0.3 is 0 Å². The largest absolute Gasteiger partial charge is 0.386 e. The van der Waals surface area contributed by atoms with Gasteiger partial charge in [-0.15, -0.1) is 0 Å². The van der Waals surface area contributed by atoms with E-state index in [2.05, 4.69) is 18.8 Å². The Kier molecular flexibility index (Phi) is 3.74. The number of pyridine rings is 1. The molecule has 1 fully saturated rings. The molecule has 3 heteroatoms. The third-order valence-corrected chi connectivity index (χ3v) is 4.55. The van der Waals surface area contributed by atoms with Gasteiger partial charge in [-0.3, -0.25) is 4.98 Å². The second kappa shape index (κ2) is 4.98. The zero-order chi connectivity index (χ0) is 13.2. The molecule has 1 saturated carbocycles. The Labute approximate surface area is 109 Å². The molecule has 0 spiro atoms. The summed E-state index contributed by atoms with van der Waals surface area (Å²) in [6.45, 7) is 5.11. The molecule has 2 rings (SSSR count). The van der Waals surface area contributed by atoms with E-state index in [1.165, 1.54) is 0 Å². The van der Waals surface area contributed by atoms with Gasteiger partial charge in [0.2, 0.25) is 0 Å². The highest BCUT2D eigenvalue weighted by molar-refractivity contribution is 5.12. The summed E-state index contributed by atoms with van der Waals surface area (Å²) in [4.78, 5) is 4.28. The average molecular weight is 248 g/mol. The molecule has 1 heterocycles. The Morgan fingerprint density at radius 3 is 2.44 bits per heavy atom. The van der Waals surface area contributed by atoms with Crippen LogP contribution in [0.2, 0.25) is 0 Å². The van der Waals surface area contributed by atoms with Crippen molar-refractivity contribution in [1.29, 1.82) is 0 Å². The number of hydrogen-bond acceptors (Lipinski definition) is 3. The van der Waals surface area contributed by atoms with Gasteiger partial charge in [0, 0.05) is 18.2 Å². The Morgan fingerprint density at radius 1 is 1.28 bits per heavy atom. The number of hydrogen-bond donors (Lipinski definition) is 2. The van der Waals surface area contributed by atoms with E-state index in [1.807, 2.05) is 18.2 Å². The summed E-state index contributed by atoms with van der Waals surface area (Å²) in [6.07, 6.45) is 5.39. The summed E-state index contributed by atoms with van der Waals surface area (Å²) in [5.74, 6) is 0. The highest BCUT2D eigenvalue weighted by Crippen LogP contribution is 2.50. The van der Waals surface area contributed by atoms with Crippen LogP contribution in [0.1, 0.15) is 51.3 Å². The van der Waals surface area contributed by atoms with E-state index in [-0.39, 0.29) is 5.41 Å². The second-order valence-corrected chi connectivity index (χ2v) is 6.39. The molecular weight excluding hydrogens is 224 g/mol. The van der Waals surface area contributed by atoms with E-state index in [1.54, 1.807) is 6.20 Å². The fraction of sp³-hybridized carbons (Fsp3) is 0.667. The van der Waals surface area contributed by atoms with Gasteiger partial charge in [-0.25, -0.2) is 0 Å². The fourth-order valence-electron chi connectivity index (χ4n) is 2.87. The van der Waals surface area contributed by atoms with E-state index in [0.29, 0.717) is 12.0 Å². The number of aliphatic hydroxyl groups is 1. The van der Waals surface area contributed by atoms with Crippen molar-refractivity contribution in [3.8, 4) is 0 Å². The molecule has 1 aliphatic carbocycles. The molecule has 0 aliphatic heterocycles. The van der Waals surface area contributed by atoms with Gasteiger partial charge in [-0.2, -0.15) is 0 Å². The van der Waals surface area contributed by atoms with E-state index < -0.39 is 6.10 Å². The van der Waals surface area contributed by atoms with Crippen molar-refractivity contribution in [1.82, 2.24) is 4.98 Å². The monoisotopic (exact) mass is 248 g/mol. The minimum atomic E-state index is -0.542. The molecule has 18 heavy (non-hydrogen) atoms. The lowest BCUT2D eigenvalue weighted by molar-refractivity contribution is -0.0258. The first kappa shape index (κ1) is 13.5. The minimum Gasteiger partial charge on any atom is -0.386 e. The first-order valence-corrected chi connectivity index (χ1v) is 6.78. The van der Waals surface area contributed by atoms with Crippen LogP contribution in [0, 0.1) is 10.8 Å². The van der Waals surface area contributed by atoms with Crippen LogP contribution in [-0.2, 0) is 0 Å². The zero-order valence-corrected chi connectivity index (χ0v) is 11.4. The lowest BCUT2D eigenvalue weighted by Gasteiger charge is -2.45. The molecule has 0 amide bonds. The number of nitrogens with zero attached hydrogens (tertiary/aromatic N) is 1. The van der Waals surface area contributed by atoms with Crippen molar-refractivity contribution in [3.05, 3.63) is 30.1 Å². The molecule has 0 bridgehead atoms. The first-order valence-electron chi connectivity index (χ1n) is 6.78. The van der Waals surface area contributed by atoms with Crippen LogP contribution < -0.4 is 5.73 Å². The molecule has 3 nitrogen and oxygen atoms in total. The van der Waals surface area contributed by atoms with Crippen molar-refractivity contribution in [2.45, 2.75) is 45.6 Å². The Morgan fingerprint density at radius 2 is 1.94 bits per heavy atom. The van der Waals surface area contributed by atoms with Crippen LogP contribution in [0.4, 0.5) is 0 Å². The van der Waals surface area contributed by atoms with E-state index in [0.717, 1.165) is 31.4 Å². The lowest BCUT2D eigenvalue weighted by atomic mass is 9.62. The molecule has 0 radical (unpaired) electrons. The third kappa shape index (κ3) is 2.57. The van der Waals surface area contributed by atoms with Crippen molar-refractivity contribution >= 4 is 0 Å². The minimum absolute atomic E-state index is 0.191. The van der Waals surface area contributed by atoms with Gasteiger partial charge in [0.25, 0.3) is 0 Å². The molecular formula is C15H24N2O. The van der Waals surface area contributed by atoms with Gasteiger partial charge in [-0.05, 0) is 43.2 Å². The Bertz CT molecular complexity index is 379. The van der Waals surface area contributed by atoms with Gasteiger partial charge in [0.1, 0.15) is 6.10 Å². The average Bonchev–Trinajstić information content (AvgIpc) is 2.40. The van der Waals surface area contributed by atoms with Crippen LogP contribution >= 0.6 is 0 Å². The van der Waals surface area contributed by atoms with Crippen molar-refractivity contribution in [2.75, 3.05) is 6.54 Å². The molecule has 1 atom stereocenters. The Balaban J connectivity index is 2.19. The summed E-state index contributed by atoms with van der Waals surface area (Å²) >= 11 is 0. The highest BCUT2D eigenvalue weighted by atomic mass is 16.3. The number of aliphatic hydroxyl groups excluding tert-OH is 1. The van der Waals surface area contributed by atoms with E-state index in [9.17, 15) is 5.11 Å². The predicted molar refractivity (Wildman–Crippen MR) is 72.9 cm³/mol. The smallest absolute Gasteiger partial charge is 0.103 e. The molecule has 1 aromatic heterocycles. The molecule has 1 aromatic rings. The first-order chi connectivity index (χ1) is 8.49. The second-order valence-electron chi connectivity index (χ2n) is 6.39. The van der Waals surface area contributed by atoms with Crippen LogP contribution in [0.5, 0.6) is 0 Å². The summed E-state index contributed by atoms with van der Waals surface area (Å²) in [5.41, 5.74) is 6.92.